The second kappa shape index (κ2) is 15.5. The summed E-state index contributed by atoms with van der Waals surface area (Å²) >= 11 is 12.4. The van der Waals surface area contributed by atoms with Crippen molar-refractivity contribution in [2.75, 3.05) is 59.0 Å². The van der Waals surface area contributed by atoms with Crippen LogP contribution in [0.5, 0.6) is 0 Å². The van der Waals surface area contributed by atoms with Gasteiger partial charge in [-0.2, -0.15) is 0 Å². The van der Waals surface area contributed by atoms with E-state index in [9.17, 15) is 4.79 Å². The summed E-state index contributed by atoms with van der Waals surface area (Å²) in [5.74, 6) is -0.00290. The highest BCUT2D eigenvalue weighted by Gasteiger charge is 2.31. The Bertz CT molecular complexity index is 1000. The molecule has 1 N–H and O–H groups in total. The minimum atomic E-state index is -0.00290. The molecule has 0 spiro atoms. The molecule has 6 nitrogen and oxygen atoms in total. The molecular weight excluding hydrogens is 554 g/mol. The summed E-state index contributed by atoms with van der Waals surface area (Å²) in [7, 11) is 0. The van der Waals surface area contributed by atoms with Crippen molar-refractivity contribution in [3.05, 3.63) is 68.7 Å². The van der Waals surface area contributed by atoms with E-state index in [0.29, 0.717) is 22.2 Å². The van der Waals surface area contributed by atoms with Gasteiger partial charge in [0.15, 0.2) is 0 Å². The lowest BCUT2D eigenvalue weighted by atomic mass is 9.97. The smallest absolute Gasteiger partial charge is 0.254 e. The minimum absolute atomic E-state index is 0. The Kier molecular flexibility index (Phi) is 13.4. The molecule has 1 amide bonds. The third-order valence-corrected chi connectivity index (χ3v) is 7.41. The maximum Gasteiger partial charge on any atom is 0.254 e. The highest BCUT2D eigenvalue weighted by atomic mass is 35.5. The lowest BCUT2D eigenvalue weighted by Crippen LogP contribution is -2.56. The number of amides is 1. The van der Waals surface area contributed by atoms with Gasteiger partial charge in [0, 0.05) is 60.9 Å². The Morgan fingerprint density at radius 2 is 1.68 bits per heavy atom. The highest BCUT2D eigenvalue weighted by Crippen LogP contribution is 2.24. The number of aryl methyl sites for hydroxylation is 2. The van der Waals surface area contributed by atoms with Crippen molar-refractivity contribution in [1.29, 1.82) is 0 Å². The number of hydrogen-bond acceptors (Lipinski definition) is 5. The Labute approximate surface area is 243 Å². The molecular formula is C27H38Cl4N4O2. The first-order valence-corrected chi connectivity index (χ1v) is 13.3. The molecule has 0 radical (unpaired) electrons. The van der Waals surface area contributed by atoms with Crippen molar-refractivity contribution in [2.45, 2.75) is 32.7 Å². The molecule has 4 rings (SSSR count). The third kappa shape index (κ3) is 9.26. The van der Waals surface area contributed by atoms with Crippen molar-refractivity contribution in [1.82, 2.24) is 20.2 Å². The van der Waals surface area contributed by atoms with Gasteiger partial charge in [0.1, 0.15) is 0 Å². The molecule has 2 heterocycles. The molecule has 1 atom stereocenters. The normalized spacial score (nSPS) is 18.7. The van der Waals surface area contributed by atoms with Crippen LogP contribution in [0, 0.1) is 13.8 Å². The van der Waals surface area contributed by atoms with E-state index < -0.39 is 0 Å². The van der Waals surface area contributed by atoms with Crippen LogP contribution in [-0.2, 0) is 11.2 Å². The van der Waals surface area contributed by atoms with Crippen molar-refractivity contribution in [2.24, 2.45) is 0 Å². The summed E-state index contributed by atoms with van der Waals surface area (Å²) < 4.78 is 5.41. The maximum absolute atomic E-state index is 13.5. The first kappa shape index (κ1) is 32.1. The summed E-state index contributed by atoms with van der Waals surface area (Å²) in [5.41, 5.74) is 7.90. The van der Waals surface area contributed by atoms with Crippen LogP contribution in [0.4, 0.5) is 0 Å². The second-order valence-corrected chi connectivity index (χ2v) is 10.5. The average Bonchev–Trinajstić information content (AvgIpc) is 2.84. The molecule has 0 aromatic heterocycles. The first-order chi connectivity index (χ1) is 16.9. The fourth-order valence-corrected chi connectivity index (χ4v) is 5.40. The molecule has 2 aromatic carbocycles. The number of morpholine rings is 1. The number of rotatable bonds is 8. The number of hydrogen-bond donors (Lipinski definition) is 1. The molecule has 0 saturated carbocycles. The Balaban J connectivity index is 0.00000241. The van der Waals surface area contributed by atoms with Crippen molar-refractivity contribution >= 4 is 53.9 Å². The summed E-state index contributed by atoms with van der Waals surface area (Å²) in [6.45, 7) is 12.1. The summed E-state index contributed by atoms with van der Waals surface area (Å²) in [6.07, 6.45) is 1.88. The molecule has 37 heavy (non-hydrogen) atoms. The van der Waals surface area contributed by atoms with Gasteiger partial charge in [-0.3, -0.25) is 15.1 Å². The fraction of sp³-hybridized carbons (Fsp3) is 0.519. The molecule has 10 heteroatoms. The van der Waals surface area contributed by atoms with E-state index in [0.717, 1.165) is 65.3 Å². The second-order valence-electron chi connectivity index (χ2n) is 9.59. The topological polar surface area (TPSA) is 48.0 Å². The molecule has 206 valence electrons. The molecule has 0 aliphatic carbocycles. The third-order valence-electron chi connectivity index (χ3n) is 6.98. The van der Waals surface area contributed by atoms with Crippen LogP contribution < -0.4 is 5.43 Å². The number of benzene rings is 2. The van der Waals surface area contributed by atoms with E-state index in [4.69, 9.17) is 27.9 Å². The number of carbonyl (C=O) groups is 1. The number of nitrogens with zero attached hydrogens (tertiary/aromatic N) is 3. The van der Waals surface area contributed by atoms with E-state index in [-0.39, 0.29) is 36.8 Å². The van der Waals surface area contributed by atoms with Crippen LogP contribution in [-0.4, -0.2) is 85.8 Å². The quantitative estimate of drug-likeness (QED) is 0.435. The van der Waals surface area contributed by atoms with Gasteiger partial charge in [-0.1, -0.05) is 41.4 Å². The Morgan fingerprint density at radius 1 is 0.973 bits per heavy atom. The molecule has 2 aliphatic rings. The molecule has 0 bridgehead atoms. The number of nitrogens with one attached hydrogen (secondary N) is 1. The van der Waals surface area contributed by atoms with Crippen molar-refractivity contribution < 1.29 is 9.53 Å². The van der Waals surface area contributed by atoms with Crippen LogP contribution >= 0.6 is 48.0 Å². The summed E-state index contributed by atoms with van der Waals surface area (Å²) in [5, 5.41) is 3.22. The number of halogens is 4. The SMILES string of the molecule is Cc1ccc(C[C@@H]2CN(CCCNN3CCOCC3)CCN2C(=O)c2cc(Cl)cc(Cl)c2)cc1C.Cl.Cl. The Hall–Kier alpha value is -1.09. The minimum Gasteiger partial charge on any atom is -0.379 e. The zero-order valence-corrected chi connectivity index (χ0v) is 24.7. The van der Waals surface area contributed by atoms with E-state index in [1.165, 1.54) is 16.7 Å². The van der Waals surface area contributed by atoms with Crippen LogP contribution in [0.1, 0.15) is 33.5 Å². The van der Waals surface area contributed by atoms with Gasteiger partial charge in [-0.05, 0) is 68.1 Å². The standard InChI is InChI=1S/C27H36Cl2N4O2.2ClH/c1-20-4-5-22(14-21(20)2)15-26-19-31(7-3-6-30-32-10-12-35-13-11-32)8-9-33(26)27(34)23-16-24(28)18-25(29)17-23;;/h4-5,14,16-18,26,30H,3,6-13,15,19H2,1-2H3;2*1H/t26-;;/m1../s1. The zero-order chi connectivity index (χ0) is 24.8. The summed E-state index contributed by atoms with van der Waals surface area (Å²) in [4.78, 5) is 18.0. The highest BCUT2D eigenvalue weighted by molar-refractivity contribution is 6.35. The fourth-order valence-electron chi connectivity index (χ4n) is 4.87. The largest absolute Gasteiger partial charge is 0.379 e. The number of piperazine rings is 1. The van der Waals surface area contributed by atoms with Gasteiger partial charge in [0.2, 0.25) is 0 Å². The zero-order valence-electron chi connectivity index (χ0n) is 21.6. The average molecular weight is 592 g/mol. The summed E-state index contributed by atoms with van der Waals surface area (Å²) in [6, 6.07) is 11.8. The van der Waals surface area contributed by atoms with Gasteiger partial charge in [0.05, 0.1) is 13.2 Å². The van der Waals surface area contributed by atoms with Crippen molar-refractivity contribution in [3.8, 4) is 0 Å². The molecule has 2 aromatic rings. The molecule has 2 fully saturated rings. The van der Waals surface area contributed by atoms with Gasteiger partial charge in [0.25, 0.3) is 5.91 Å². The van der Waals surface area contributed by atoms with E-state index >= 15 is 0 Å². The van der Waals surface area contributed by atoms with Crippen molar-refractivity contribution in [3.63, 3.8) is 0 Å². The maximum atomic E-state index is 13.5. The first-order valence-electron chi connectivity index (χ1n) is 12.5. The lowest BCUT2D eigenvalue weighted by Gasteiger charge is -2.42. The van der Waals surface area contributed by atoms with E-state index in [2.05, 4.69) is 47.4 Å². The van der Waals surface area contributed by atoms with Crippen LogP contribution in [0.25, 0.3) is 0 Å². The number of hydrazine groups is 1. The molecule has 2 aliphatic heterocycles. The van der Waals surface area contributed by atoms with E-state index in [1.807, 2.05) is 4.90 Å². The van der Waals surface area contributed by atoms with Crippen LogP contribution in [0.15, 0.2) is 36.4 Å². The van der Waals surface area contributed by atoms with Crippen LogP contribution in [0.2, 0.25) is 10.0 Å². The van der Waals surface area contributed by atoms with Crippen LogP contribution in [0.3, 0.4) is 0 Å². The van der Waals surface area contributed by atoms with Gasteiger partial charge in [-0.25, -0.2) is 5.01 Å². The van der Waals surface area contributed by atoms with E-state index in [1.54, 1.807) is 18.2 Å². The number of ether oxygens (including phenoxy) is 1. The predicted octanol–water partition coefficient (Wildman–Crippen LogP) is 5.05. The Morgan fingerprint density at radius 3 is 2.35 bits per heavy atom. The number of carbonyl (C=O) groups excluding carboxylic acids is 1. The molecule has 2 saturated heterocycles. The lowest BCUT2D eigenvalue weighted by molar-refractivity contribution is 0.0108. The molecule has 0 unspecified atom stereocenters. The monoisotopic (exact) mass is 590 g/mol. The predicted molar refractivity (Wildman–Crippen MR) is 157 cm³/mol. The van der Waals surface area contributed by atoms with Gasteiger partial charge >= 0.3 is 0 Å². The van der Waals surface area contributed by atoms with Gasteiger partial charge < -0.3 is 9.64 Å². The van der Waals surface area contributed by atoms with Gasteiger partial charge in [-0.15, -0.1) is 24.8 Å².